The Morgan fingerprint density at radius 2 is 1.91 bits per heavy atom. The first kappa shape index (κ1) is 23.6. The first-order valence-electron chi connectivity index (χ1n) is 10.9. The standard InChI is InChI=1S/C23H25Cl2FN4O3/c24-17-2-4-21(27-11-17)29-7-5-14(6-8-29)22(31)30-12-16(10-28-23(32)33)18(13-30)15-1-3-19(25)20(26)9-15/h1-4,9,11,14,16,18,28H,5-8,10,12-13H2,(H,32,33)/t16-,18-/m0/s1. The maximum atomic E-state index is 14.1. The Bertz CT molecular complexity index is 1020. The fraction of sp³-hybridized carbons (Fsp3) is 0.435. The predicted octanol–water partition coefficient (Wildman–Crippen LogP) is 4.25. The van der Waals surface area contributed by atoms with E-state index in [0.29, 0.717) is 49.6 Å². The number of hydrogen-bond acceptors (Lipinski definition) is 4. The summed E-state index contributed by atoms with van der Waals surface area (Å²) in [5, 5.41) is 12.1. The van der Waals surface area contributed by atoms with Crippen molar-refractivity contribution in [2.24, 2.45) is 11.8 Å². The number of carbonyl (C=O) groups is 2. The van der Waals surface area contributed by atoms with Gasteiger partial charge in [-0.1, -0.05) is 29.3 Å². The van der Waals surface area contributed by atoms with Gasteiger partial charge in [0.2, 0.25) is 5.91 Å². The average molecular weight is 495 g/mol. The van der Waals surface area contributed by atoms with Gasteiger partial charge in [0.15, 0.2) is 0 Å². The minimum atomic E-state index is -1.12. The lowest BCUT2D eigenvalue weighted by molar-refractivity contribution is -0.135. The van der Waals surface area contributed by atoms with Gasteiger partial charge >= 0.3 is 6.09 Å². The van der Waals surface area contributed by atoms with Crippen LogP contribution in [0.15, 0.2) is 36.5 Å². The quantitative estimate of drug-likeness (QED) is 0.648. The maximum Gasteiger partial charge on any atom is 0.404 e. The van der Waals surface area contributed by atoms with Gasteiger partial charge in [-0.3, -0.25) is 4.79 Å². The van der Waals surface area contributed by atoms with Crippen LogP contribution in [0.5, 0.6) is 0 Å². The number of rotatable bonds is 5. The molecule has 4 rings (SSSR count). The molecule has 2 N–H and O–H groups in total. The number of hydrogen-bond donors (Lipinski definition) is 2. The number of pyridine rings is 1. The normalized spacial score (nSPS) is 21.3. The minimum Gasteiger partial charge on any atom is -0.465 e. The molecule has 33 heavy (non-hydrogen) atoms. The number of carboxylic acid groups (broad SMARTS) is 1. The number of amides is 2. The molecule has 0 saturated carbocycles. The van der Waals surface area contributed by atoms with Gasteiger partial charge in [0.05, 0.1) is 10.0 Å². The molecular formula is C23H25Cl2FN4O3. The zero-order chi connectivity index (χ0) is 23.5. The third-order valence-electron chi connectivity index (χ3n) is 6.52. The molecule has 2 atom stereocenters. The van der Waals surface area contributed by atoms with E-state index in [1.807, 2.05) is 6.07 Å². The van der Waals surface area contributed by atoms with Gasteiger partial charge in [-0.05, 0) is 42.7 Å². The maximum absolute atomic E-state index is 14.1. The Kier molecular flexibility index (Phi) is 7.24. The van der Waals surface area contributed by atoms with E-state index in [4.69, 9.17) is 28.3 Å². The van der Waals surface area contributed by atoms with E-state index in [0.717, 1.165) is 5.82 Å². The summed E-state index contributed by atoms with van der Waals surface area (Å²) in [6, 6.07) is 8.30. The molecule has 10 heteroatoms. The largest absolute Gasteiger partial charge is 0.465 e. The topological polar surface area (TPSA) is 85.8 Å². The van der Waals surface area contributed by atoms with Crippen LogP contribution in [0.3, 0.4) is 0 Å². The summed E-state index contributed by atoms with van der Waals surface area (Å²) in [4.78, 5) is 32.6. The van der Waals surface area contributed by atoms with E-state index >= 15 is 0 Å². The van der Waals surface area contributed by atoms with E-state index in [1.165, 1.54) is 12.1 Å². The van der Waals surface area contributed by atoms with Crippen molar-refractivity contribution >= 4 is 41.0 Å². The Hall–Kier alpha value is -2.58. The summed E-state index contributed by atoms with van der Waals surface area (Å²) < 4.78 is 14.1. The highest BCUT2D eigenvalue weighted by Gasteiger charge is 2.39. The number of nitrogens with zero attached hydrogens (tertiary/aromatic N) is 3. The Labute approximate surface area is 201 Å². The molecule has 0 radical (unpaired) electrons. The van der Waals surface area contributed by atoms with Crippen molar-refractivity contribution in [3.63, 3.8) is 0 Å². The number of likely N-dealkylation sites (tertiary alicyclic amines) is 1. The molecule has 1 aromatic heterocycles. The summed E-state index contributed by atoms with van der Waals surface area (Å²) in [5.74, 6) is -0.0450. The molecular weight excluding hydrogens is 470 g/mol. The van der Waals surface area contributed by atoms with Crippen LogP contribution < -0.4 is 10.2 Å². The lowest BCUT2D eigenvalue weighted by Crippen LogP contribution is -2.42. The SMILES string of the molecule is O=C(O)NC[C@H]1CN(C(=O)C2CCN(c3ccc(Cl)cn3)CC2)C[C@H]1c1ccc(Cl)c(F)c1. The first-order valence-corrected chi connectivity index (χ1v) is 11.6. The van der Waals surface area contributed by atoms with Crippen LogP contribution in [-0.2, 0) is 4.79 Å². The fourth-order valence-electron chi connectivity index (χ4n) is 4.77. The lowest BCUT2D eigenvalue weighted by atomic mass is 9.89. The van der Waals surface area contributed by atoms with Crippen molar-refractivity contribution < 1.29 is 19.1 Å². The third-order valence-corrected chi connectivity index (χ3v) is 7.05. The van der Waals surface area contributed by atoms with Gasteiger partial charge in [-0.25, -0.2) is 14.2 Å². The molecule has 2 saturated heterocycles. The molecule has 2 aliphatic heterocycles. The number of piperidine rings is 1. The highest BCUT2D eigenvalue weighted by molar-refractivity contribution is 6.30. The molecule has 2 aliphatic rings. The molecule has 0 aliphatic carbocycles. The van der Waals surface area contributed by atoms with Crippen LogP contribution in [-0.4, -0.2) is 59.7 Å². The van der Waals surface area contributed by atoms with Crippen molar-refractivity contribution in [2.45, 2.75) is 18.8 Å². The van der Waals surface area contributed by atoms with E-state index in [9.17, 15) is 14.0 Å². The average Bonchev–Trinajstić information content (AvgIpc) is 3.24. The lowest BCUT2D eigenvalue weighted by Gasteiger charge is -2.34. The van der Waals surface area contributed by atoms with E-state index in [2.05, 4.69) is 15.2 Å². The number of aromatic nitrogens is 1. The Balaban J connectivity index is 1.42. The molecule has 0 unspecified atom stereocenters. The molecule has 2 amide bonds. The summed E-state index contributed by atoms with van der Waals surface area (Å²) >= 11 is 11.7. The highest BCUT2D eigenvalue weighted by atomic mass is 35.5. The van der Waals surface area contributed by atoms with Gasteiger partial charge in [0.1, 0.15) is 11.6 Å². The second kappa shape index (κ2) is 10.1. The van der Waals surface area contributed by atoms with Crippen molar-refractivity contribution in [2.75, 3.05) is 37.6 Å². The molecule has 2 fully saturated rings. The zero-order valence-electron chi connectivity index (χ0n) is 17.9. The number of nitrogens with one attached hydrogen (secondary N) is 1. The minimum absolute atomic E-state index is 0.0341. The zero-order valence-corrected chi connectivity index (χ0v) is 19.4. The van der Waals surface area contributed by atoms with Crippen LogP contribution in [0.1, 0.15) is 24.3 Å². The number of halogens is 3. The molecule has 7 nitrogen and oxygen atoms in total. The Morgan fingerprint density at radius 3 is 2.55 bits per heavy atom. The van der Waals surface area contributed by atoms with Gasteiger partial charge in [-0.15, -0.1) is 0 Å². The van der Waals surface area contributed by atoms with Crippen LogP contribution >= 0.6 is 23.2 Å². The molecule has 176 valence electrons. The molecule has 1 aromatic carbocycles. The second-order valence-corrected chi connectivity index (χ2v) is 9.41. The highest BCUT2D eigenvalue weighted by Crippen LogP contribution is 2.35. The van der Waals surface area contributed by atoms with E-state index in [1.54, 1.807) is 23.2 Å². The van der Waals surface area contributed by atoms with Crippen molar-refractivity contribution in [1.82, 2.24) is 15.2 Å². The smallest absolute Gasteiger partial charge is 0.404 e. The van der Waals surface area contributed by atoms with E-state index in [-0.39, 0.29) is 35.2 Å². The fourth-order valence-corrected chi connectivity index (χ4v) is 5.00. The number of anilines is 1. The van der Waals surface area contributed by atoms with Crippen LogP contribution in [0.2, 0.25) is 10.0 Å². The molecule has 2 aromatic rings. The van der Waals surface area contributed by atoms with Crippen molar-refractivity contribution in [3.05, 3.63) is 58.0 Å². The van der Waals surface area contributed by atoms with Gasteiger partial charge in [0, 0.05) is 56.7 Å². The first-order chi connectivity index (χ1) is 15.8. The van der Waals surface area contributed by atoms with Crippen molar-refractivity contribution in [1.29, 1.82) is 0 Å². The Morgan fingerprint density at radius 1 is 1.15 bits per heavy atom. The monoisotopic (exact) mass is 494 g/mol. The second-order valence-electron chi connectivity index (χ2n) is 8.57. The van der Waals surface area contributed by atoms with Crippen LogP contribution in [0, 0.1) is 17.7 Å². The van der Waals surface area contributed by atoms with Crippen LogP contribution in [0.25, 0.3) is 0 Å². The predicted molar refractivity (Wildman–Crippen MR) is 124 cm³/mol. The summed E-state index contributed by atoms with van der Waals surface area (Å²) in [6.45, 7) is 2.47. The summed E-state index contributed by atoms with van der Waals surface area (Å²) in [5.41, 5.74) is 0.716. The summed E-state index contributed by atoms with van der Waals surface area (Å²) in [7, 11) is 0. The van der Waals surface area contributed by atoms with Gasteiger partial charge in [0.25, 0.3) is 0 Å². The van der Waals surface area contributed by atoms with Crippen molar-refractivity contribution in [3.8, 4) is 0 Å². The van der Waals surface area contributed by atoms with E-state index < -0.39 is 11.9 Å². The summed E-state index contributed by atoms with van der Waals surface area (Å²) in [6.07, 6.45) is 1.91. The number of carbonyl (C=O) groups excluding carboxylic acids is 1. The van der Waals surface area contributed by atoms with Gasteiger partial charge in [-0.2, -0.15) is 0 Å². The van der Waals surface area contributed by atoms with Gasteiger partial charge < -0.3 is 20.2 Å². The number of benzene rings is 1. The molecule has 3 heterocycles. The molecule has 0 spiro atoms. The molecule has 0 bridgehead atoms. The van der Waals surface area contributed by atoms with Crippen LogP contribution in [0.4, 0.5) is 15.0 Å². The third kappa shape index (κ3) is 5.50.